The number of ether oxygens (including phenoxy) is 1. The van der Waals surface area contributed by atoms with Gasteiger partial charge >= 0.3 is 5.97 Å². The fourth-order valence-electron chi connectivity index (χ4n) is 2.64. The van der Waals surface area contributed by atoms with Gasteiger partial charge in [-0.3, -0.25) is 19.3 Å². The van der Waals surface area contributed by atoms with E-state index >= 15 is 0 Å². The van der Waals surface area contributed by atoms with Crippen molar-refractivity contribution >= 4 is 57.7 Å². The summed E-state index contributed by atoms with van der Waals surface area (Å²) in [6, 6.07) is 13.8. The lowest BCUT2D eigenvalue weighted by Gasteiger charge is -2.14. The molecule has 1 N–H and O–H groups in total. The smallest absolute Gasteiger partial charge is 0.306 e. The second kappa shape index (κ2) is 9.02. The number of aliphatic carboxylic acids is 1. The Balaban J connectivity index is 1.77. The van der Waals surface area contributed by atoms with E-state index in [9.17, 15) is 14.4 Å². The first-order valence-electron chi connectivity index (χ1n) is 8.69. The molecule has 1 fully saturated rings. The van der Waals surface area contributed by atoms with E-state index in [-0.39, 0.29) is 24.7 Å². The van der Waals surface area contributed by atoms with Gasteiger partial charge in [-0.05, 0) is 55.0 Å². The Labute approximate surface area is 177 Å². The molecule has 1 heterocycles. The van der Waals surface area contributed by atoms with E-state index < -0.39 is 5.97 Å². The summed E-state index contributed by atoms with van der Waals surface area (Å²) in [6.07, 6.45) is 1.62. The standard InChI is InChI=1S/C21H17NO5S2/c1-13(23)15-5-7-16(8-6-15)22-20(26)18(29-21(22)28)12-14-3-2-4-17(11-14)27-10-9-19(24)25/h2-8,11-12H,9-10H2,1H3,(H,24,25)/b18-12+. The number of carboxylic acids is 1. The lowest BCUT2D eigenvalue weighted by molar-refractivity contribution is -0.137. The highest BCUT2D eigenvalue weighted by Gasteiger charge is 2.33. The summed E-state index contributed by atoms with van der Waals surface area (Å²) in [6.45, 7) is 1.55. The molecule has 0 spiro atoms. The van der Waals surface area contributed by atoms with Gasteiger partial charge in [-0.1, -0.05) is 36.1 Å². The molecule has 2 aromatic rings. The highest BCUT2D eigenvalue weighted by Crippen LogP contribution is 2.36. The number of hydrogen-bond donors (Lipinski definition) is 1. The van der Waals surface area contributed by atoms with Crippen LogP contribution in [0.5, 0.6) is 5.75 Å². The van der Waals surface area contributed by atoms with E-state index in [1.54, 1.807) is 48.5 Å². The number of carboxylic acid groups (broad SMARTS) is 1. The number of thiocarbonyl (C=S) groups is 1. The predicted octanol–water partition coefficient (Wildman–Crippen LogP) is 4.15. The van der Waals surface area contributed by atoms with Crippen LogP contribution in [0.3, 0.4) is 0 Å². The second-order valence-electron chi connectivity index (χ2n) is 6.18. The van der Waals surface area contributed by atoms with Crippen molar-refractivity contribution in [1.29, 1.82) is 0 Å². The molecule has 29 heavy (non-hydrogen) atoms. The van der Waals surface area contributed by atoms with Crippen LogP contribution in [0, 0.1) is 0 Å². The zero-order valence-corrected chi connectivity index (χ0v) is 17.1. The molecule has 0 bridgehead atoms. The van der Waals surface area contributed by atoms with Crippen LogP contribution >= 0.6 is 24.0 Å². The van der Waals surface area contributed by atoms with Crippen LogP contribution in [0.4, 0.5) is 5.69 Å². The van der Waals surface area contributed by atoms with Gasteiger partial charge < -0.3 is 9.84 Å². The number of nitrogens with zero attached hydrogens (tertiary/aromatic N) is 1. The number of carbonyl (C=O) groups is 3. The molecule has 1 aliphatic rings. The average molecular weight is 428 g/mol. The SMILES string of the molecule is CC(=O)c1ccc(N2C(=O)/C(=C\c3cccc(OCCC(=O)O)c3)SC2=S)cc1. The van der Waals surface area contributed by atoms with Gasteiger partial charge in [0.2, 0.25) is 0 Å². The van der Waals surface area contributed by atoms with Crippen LogP contribution in [0.2, 0.25) is 0 Å². The molecule has 0 unspecified atom stereocenters. The lowest BCUT2D eigenvalue weighted by atomic mass is 10.1. The number of benzene rings is 2. The summed E-state index contributed by atoms with van der Waals surface area (Å²) in [5.41, 5.74) is 1.91. The van der Waals surface area contributed by atoms with Gasteiger partial charge in [-0.15, -0.1) is 0 Å². The molecule has 0 radical (unpaired) electrons. The molecule has 8 heteroatoms. The van der Waals surface area contributed by atoms with Crippen molar-refractivity contribution in [1.82, 2.24) is 0 Å². The molecule has 3 rings (SSSR count). The molecule has 6 nitrogen and oxygen atoms in total. The van der Waals surface area contributed by atoms with Crippen molar-refractivity contribution in [3.8, 4) is 5.75 Å². The van der Waals surface area contributed by atoms with E-state index in [2.05, 4.69) is 0 Å². The molecule has 0 aliphatic carbocycles. The average Bonchev–Trinajstić information content (AvgIpc) is 2.95. The number of rotatable bonds is 7. The van der Waals surface area contributed by atoms with Crippen molar-refractivity contribution < 1.29 is 24.2 Å². The first kappa shape index (κ1) is 20.8. The largest absolute Gasteiger partial charge is 0.493 e. The van der Waals surface area contributed by atoms with Crippen LogP contribution in [0.25, 0.3) is 6.08 Å². The number of thioether (sulfide) groups is 1. The van der Waals surface area contributed by atoms with Crippen LogP contribution in [-0.2, 0) is 9.59 Å². The molecule has 148 valence electrons. The fourth-order valence-corrected chi connectivity index (χ4v) is 3.94. The maximum Gasteiger partial charge on any atom is 0.306 e. The fraction of sp³-hybridized carbons (Fsp3) is 0.143. The number of anilines is 1. The van der Waals surface area contributed by atoms with Crippen molar-refractivity contribution in [3.63, 3.8) is 0 Å². The zero-order valence-electron chi connectivity index (χ0n) is 15.5. The summed E-state index contributed by atoms with van der Waals surface area (Å²) in [4.78, 5) is 36.8. The van der Waals surface area contributed by atoms with Gasteiger partial charge in [0.15, 0.2) is 10.1 Å². The third-order valence-corrected chi connectivity index (χ3v) is 5.37. The van der Waals surface area contributed by atoms with Crippen LogP contribution in [0.1, 0.15) is 29.3 Å². The molecule has 0 aromatic heterocycles. The molecule has 1 aliphatic heterocycles. The maximum atomic E-state index is 12.9. The van der Waals surface area contributed by atoms with Crippen LogP contribution < -0.4 is 9.64 Å². The van der Waals surface area contributed by atoms with Gasteiger partial charge in [0.25, 0.3) is 5.91 Å². The molecular formula is C21H17NO5S2. The number of carbonyl (C=O) groups excluding carboxylic acids is 2. The molecule has 2 aromatic carbocycles. The summed E-state index contributed by atoms with van der Waals surface area (Å²) < 4.78 is 5.83. The van der Waals surface area contributed by atoms with Crippen LogP contribution in [0.15, 0.2) is 53.4 Å². The maximum absolute atomic E-state index is 12.9. The lowest BCUT2D eigenvalue weighted by Crippen LogP contribution is -2.27. The number of Topliss-reactive ketones (excluding diaryl/α,β-unsaturated/α-hetero) is 1. The highest BCUT2D eigenvalue weighted by molar-refractivity contribution is 8.27. The summed E-state index contributed by atoms with van der Waals surface area (Å²) in [5.74, 6) is -0.698. The van der Waals surface area contributed by atoms with E-state index in [0.717, 1.165) is 5.56 Å². The summed E-state index contributed by atoms with van der Waals surface area (Å²) in [7, 11) is 0. The van der Waals surface area contributed by atoms with Gasteiger partial charge in [-0.2, -0.15) is 0 Å². The van der Waals surface area contributed by atoms with E-state index in [1.807, 2.05) is 6.07 Å². The van der Waals surface area contributed by atoms with E-state index in [4.69, 9.17) is 22.1 Å². The monoisotopic (exact) mass is 427 g/mol. The molecule has 1 saturated heterocycles. The molecule has 0 atom stereocenters. The normalized spacial score (nSPS) is 15.1. The van der Waals surface area contributed by atoms with Gasteiger partial charge in [0, 0.05) is 5.56 Å². The molecule has 1 amide bonds. The Morgan fingerprint density at radius 3 is 2.59 bits per heavy atom. The number of ketones is 1. The van der Waals surface area contributed by atoms with Crippen LogP contribution in [-0.4, -0.2) is 33.7 Å². The van der Waals surface area contributed by atoms with E-state index in [0.29, 0.717) is 26.2 Å². The topological polar surface area (TPSA) is 83.9 Å². The Bertz CT molecular complexity index is 1010. The third kappa shape index (κ3) is 5.10. The van der Waals surface area contributed by atoms with Gasteiger partial charge in [0.05, 0.1) is 23.6 Å². The molecular weight excluding hydrogens is 410 g/mol. The Morgan fingerprint density at radius 1 is 1.21 bits per heavy atom. The van der Waals surface area contributed by atoms with Crippen molar-refractivity contribution in [2.45, 2.75) is 13.3 Å². The minimum Gasteiger partial charge on any atom is -0.493 e. The Kier molecular flexibility index (Phi) is 6.46. The van der Waals surface area contributed by atoms with E-state index in [1.165, 1.54) is 23.6 Å². The first-order valence-corrected chi connectivity index (χ1v) is 9.91. The second-order valence-corrected chi connectivity index (χ2v) is 7.86. The van der Waals surface area contributed by atoms with Crippen molar-refractivity contribution in [3.05, 3.63) is 64.6 Å². The molecule has 0 saturated carbocycles. The Hall–Kier alpha value is -2.97. The van der Waals surface area contributed by atoms with Gasteiger partial charge in [0.1, 0.15) is 5.75 Å². The number of amides is 1. The summed E-state index contributed by atoms with van der Waals surface area (Å²) >= 11 is 6.56. The quantitative estimate of drug-likeness (QED) is 0.404. The van der Waals surface area contributed by atoms with Gasteiger partial charge in [-0.25, -0.2) is 0 Å². The minimum atomic E-state index is -0.929. The third-order valence-electron chi connectivity index (χ3n) is 4.07. The first-order chi connectivity index (χ1) is 13.8. The van der Waals surface area contributed by atoms with Crippen molar-refractivity contribution in [2.75, 3.05) is 11.5 Å². The highest BCUT2D eigenvalue weighted by atomic mass is 32.2. The zero-order chi connectivity index (χ0) is 21.0. The number of hydrogen-bond acceptors (Lipinski definition) is 6. The predicted molar refractivity (Wildman–Crippen MR) is 116 cm³/mol. The Morgan fingerprint density at radius 2 is 1.93 bits per heavy atom. The van der Waals surface area contributed by atoms with Crippen molar-refractivity contribution in [2.24, 2.45) is 0 Å². The summed E-state index contributed by atoms with van der Waals surface area (Å²) in [5, 5.41) is 8.69. The minimum absolute atomic E-state index is 0.0488.